The summed E-state index contributed by atoms with van der Waals surface area (Å²) in [5.41, 5.74) is -0.332. The van der Waals surface area contributed by atoms with Gasteiger partial charge in [0.1, 0.15) is 0 Å². The minimum atomic E-state index is -4.12. The van der Waals surface area contributed by atoms with Crippen molar-refractivity contribution in [1.29, 1.82) is 0 Å². The second kappa shape index (κ2) is 3.73. The number of hydrogen-bond acceptors (Lipinski definition) is 1. The average Bonchev–Trinajstić information content (AvgIpc) is 2.03. The van der Waals surface area contributed by atoms with Crippen molar-refractivity contribution in [3.8, 4) is 0 Å². The van der Waals surface area contributed by atoms with E-state index in [1.165, 1.54) is 17.8 Å². The minimum absolute atomic E-state index is 0.332. The maximum atomic E-state index is 12.3. The molecule has 0 spiro atoms. The van der Waals surface area contributed by atoms with Crippen LogP contribution in [0, 0.1) is 0 Å². The highest BCUT2D eigenvalue weighted by molar-refractivity contribution is 7.99. The summed E-state index contributed by atoms with van der Waals surface area (Å²) in [6, 6.07) is 0. The van der Waals surface area contributed by atoms with Crippen molar-refractivity contribution in [3.63, 3.8) is 0 Å². The molecule has 0 nitrogen and oxygen atoms in total. The van der Waals surface area contributed by atoms with Crippen LogP contribution in [0.5, 0.6) is 0 Å². The molecule has 0 aromatic rings. The predicted octanol–water partition coefficient (Wildman–Crippen LogP) is 3.39. The smallest absolute Gasteiger partial charge is 0.166 e. The summed E-state index contributed by atoms with van der Waals surface area (Å²) < 4.78 is 36.9. The topological polar surface area (TPSA) is 0 Å². The first-order valence-electron chi connectivity index (χ1n) is 3.85. The molecule has 1 unspecified atom stereocenters. The summed E-state index contributed by atoms with van der Waals surface area (Å²) in [5, 5.41) is -0.334. The van der Waals surface area contributed by atoms with Gasteiger partial charge in [0, 0.05) is 10.8 Å². The van der Waals surface area contributed by atoms with E-state index < -0.39 is 6.18 Å². The number of halogens is 3. The second-order valence-corrected chi connectivity index (χ2v) is 3.85. The first-order chi connectivity index (χ1) is 5.55. The van der Waals surface area contributed by atoms with Crippen LogP contribution in [0.1, 0.15) is 19.3 Å². The summed E-state index contributed by atoms with van der Waals surface area (Å²) >= 11 is 1.29. The van der Waals surface area contributed by atoms with Crippen LogP contribution in [-0.2, 0) is 0 Å². The Morgan fingerprint density at radius 3 is 2.58 bits per heavy atom. The Bertz CT molecular complexity index is 183. The molecule has 0 bridgehead atoms. The van der Waals surface area contributed by atoms with Crippen molar-refractivity contribution < 1.29 is 13.2 Å². The van der Waals surface area contributed by atoms with Crippen molar-refractivity contribution in [3.05, 3.63) is 11.6 Å². The van der Waals surface area contributed by atoms with Crippen molar-refractivity contribution in [2.75, 3.05) is 6.26 Å². The molecular weight excluding hydrogens is 185 g/mol. The van der Waals surface area contributed by atoms with Gasteiger partial charge in [-0.2, -0.15) is 24.9 Å². The van der Waals surface area contributed by atoms with E-state index in [0.717, 1.165) is 6.42 Å². The Morgan fingerprint density at radius 2 is 2.17 bits per heavy atom. The third-order valence-electron chi connectivity index (χ3n) is 1.99. The molecule has 0 saturated heterocycles. The third-order valence-corrected chi connectivity index (χ3v) is 3.05. The predicted molar refractivity (Wildman–Crippen MR) is 45.3 cm³/mol. The highest BCUT2D eigenvalue weighted by atomic mass is 32.2. The Morgan fingerprint density at radius 1 is 1.50 bits per heavy atom. The Hall–Kier alpha value is -0.120. The van der Waals surface area contributed by atoms with Gasteiger partial charge in [-0.1, -0.05) is 6.08 Å². The largest absolute Gasteiger partial charge is 0.413 e. The van der Waals surface area contributed by atoms with Crippen LogP contribution >= 0.6 is 11.8 Å². The molecule has 1 atom stereocenters. The molecule has 12 heavy (non-hydrogen) atoms. The standard InChI is InChI=1S/C8H11F3S/c1-12-7-5-3-2-4-6(7)8(9,10)11/h4,7H,2-3,5H2,1H3. The summed E-state index contributed by atoms with van der Waals surface area (Å²) in [6.07, 6.45) is 1.07. The normalized spacial score (nSPS) is 25.3. The summed E-state index contributed by atoms with van der Waals surface area (Å²) in [6.45, 7) is 0. The van der Waals surface area contributed by atoms with Gasteiger partial charge in [0.05, 0.1) is 0 Å². The molecule has 0 N–H and O–H groups in total. The molecule has 0 radical (unpaired) electrons. The lowest BCUT2D eigenvalue weighted by Crippen LogP contribution is -2.24. The molecule has 70 valence electrons. The third kappa shape index (κ3) is 2.19. The monoisotopic (exact) mass is 196 g/mol. The molecule has 1 rings (SSSR count). The lowest BCUT2D eigenvalue weighted by molar-refractivity contribution is -0.0943. The highest BCUT2D eigenvalue weighted by Crippen LogP contribution is 2.38. The van der Waals surface area contributed by atoms with Crippen LogP contribution < -0.4 is 0 Å². The lowest BCUT2D eigenvalue weighted by Gasteiger charge is -2.24. The lowest BCUT2D eigenvalue weighted by atomic mass is 9.99. The van der Waals surface area contributed by atoms with E-state index in [-0.39, 0.29) is 10.8 Å². The fraction of sp³-hybridized carbons (Fsp3) is 0.750. The number of allylic oxidation sites excluding steroid dienone is 1. The maximum absolute atomic E-state index is 12.3. The minimum Gasteiger partial charge on any atom is -0.166 e. The van der Waals surface area contributed by atoms with E-state index in [1.54, 1.807) is 6.26 Å². The fourth-order valence-corrected chi connectivity index (χ4v) is 2.28. The van der Waals surface area contributed by atoms with Crippen molar-refractivity contribution >= 4 is 11.8 Å². The molecule has 0 fully saturated rings. The molecule has 0 saturated carbocycles. The molecule has 0 amide bonds. The molecule has 0 aromatic heterocycles. The first-order valence-corrected chi connectivity index (χ1v) is 5.14. The summed E-state index contributed by atoms with van der Waals surface area (Å²) in [7, 11) is 0. The van der Waals surface area contributed by atoms with Gasteiger partial charge < -0.3 is 0 Å². The van der Waals surface area contributed by atoms with Crippen LogP contribution in [0.2, 0.25) is 0 Å². The van der Waals surface area contributed by atoms with Gasteiger partial charge in [0.2, 0.25) is 0 Å². The zero-order valence-corrected chi connectivity index (χ0v) is 7.63. The van der Waals surface area contributed by atoms with Crippen LogP contribution in [0.25, 0.3) is 0 Å². The second-order valence-electron chi connectivity index (χ2n) is 2.81. The quantitative estimate of drug-likeness (QED) is 0.579. The molecule has 4 heteroatoms. The van der Waals surface area contributed by atoms with Gasteiger partial charge in [0.25, 0.3) is 0 Å². The Labute approximate surface area is 74.2 Å². The summed E-state index contributed by atoms with van der Waals surface area (Å²) in [5.74, 6) is 0. The SMILES string of the molecule is CSC1CCCC=C1C(F)(F)F. The molecular formula is C8H11F3S. The number of thioether (sulfide) groups is 1. The Kier molecular flexibility index (Phi) is 3.09. The van der Waals surface area contributed by atoms with Crippen molar-refractivity contribution in [2.24, 2.45) is 0 Å². The van der Waals surface area contributed by atoms with Crippen molar-refractivity contribution in [1.82, 2.24) is 0 Å². The number of alkyl halides is 3. The van der Waals surface area contributed by atoms with E-state index in [9.17, 15) is 13.2 Å². The summed E-state index contributed by atoms with van der Waals surface area (Å²) in [4.78, 5) is 0. The van der Waals surface area contributed by atoms with Gasteiger partial charge in [-0.15, -0.1) is 0 Å². The molecule has 1 aliphatic rings. The van der Waals surface area contributed by atoms with Gasteiger partial charge in [0.15, 0.2) is 0 Å². The van der Waals surface area contributed by atoms with Crippen LogP contribution in [0.4, 0.5) is 13.2 Å². The van der Waals surface area contributed by atoms with Crippen molar-refractivity contribution in [2.45, 2.75) is 30.7 Å². The van der Waals surface area contributed by atoms with Gasteiger partial charge in [-0.3, -0.25) is 0 Å². The van der Waals surface area contributed by atoms with Crippen LogP contribution in [-0.4, -0.2) is 17.7 Å². The highest BCUT2D eigenvalue weighted by Gasteiger charge is 2.38. The molecule has 0 aromatic carbocycles. The molecule has 0 heterocycles. The van der Waals surface area contributed by atoms with Crippen LogP contribution in [0.3, 0.4) is 0 Å². The van der Waals surface area contributed by atoms with E-state index >= 15 is 0 Å². The Balaban J connectivity index is 2.77. The van der Waals surface area contributed by atoms with E-state index in [2.05, 4.69) is 0 Å². The zero-order chi connectivity index (χ0) is 9.19. The van der Waals surface area contributed by atoms with Crippen LogP contribution in [0.15, 0.2) is 11.6 Å². The maximum Gasteiger partial charge on any atom is 0.413 e. The average molecular weight is 196 g/mol. The van der Waals surface area contributed by atoms with Gasteiger partial charge in [-0.05, 0) is 25.5 Å². The molecule has 1 aliphatic carbocycles. The fourth-order valence-electron chi connectivity index (χ4n) is 1.39. The van der Waals surface area contributed by atoms with Gasteiger partial charge in [-0.25, -0.2) is 0 Å². The number of hydrogen-bond donors (Lipinski definition) is 0. The molecule has 0 aliphatic heterocycles. The van der Waals surface area contributed by atoms with E-state index in [0.29, 0.717) is 12.8 Å². The van der Waals surface area contributed by atoms with Gasteiger partial charge >= 0.3 is 6.18 Å². The van der Waals surface area contributed by atoms with E-state index in [4.69, 9.17) is 0 Å². The van der Waals surface area contributed by atoms with E-state index in [1.807, 2.05) is 0 Å². The number of rotatable bonds is 1. The first kappa shape index (κ1) is 9.96. The zero-order valence-electron chi connectivity index (χ0n) is 6.82.